The van der Waals surface area contributed by atoms with Crippen LogP contribution < -0.4 is 16.2 Å². The normalized spacial score (nSPS) is 11.5. The van der Waals surface area contributed by atoms with E-state index >= 15 is 0 Å². The number of amides is 2. The van der Waals surface area contributed by atoms with Gasteiger partial charge in [-0.15, -0.1) is 0 Å². The number of anilines is 1. The molecule has 0 aliphatic heterocycles. The Morgan fingerprint density at radius 1 is 1.09 bits per heavy atom. The van der Waals surface area contributed by atoms with Crippen LogP contribution in [-0.4, -0.2) is 28.3 Å². The van der Waals surface area contributed by atoms with Crippen molar-refractivity contribution in [2.24, 2.45) is 7.05 Å². The Bertz CT molecular complexity index is 1250. The van der Waals surface area contributed by atoms with Crippen LogP contribution in [0.2, 0.25) is 0 Å². The Morgan fingerprint density at radius 2 is 1.79 bits per heavy atom. The van der Waals surface area contributed by atoms with E-state index in [4.69, 9.17) is 4.74 Å². The third-order valence-electron chi connectivity index (χ3n) is 5.59. The van der Waals surface area contributed by atoms with Crippen LogP contribution in [0.4, 0.5) is 10.5 Å². The van der Waals surface area contributed by atoms with Crippen LogP contribution in [0.25, 0.3) is 11.1 Å². The summed E-state index contributed by atoms with van der Waals surface area (Å²) in [5.41, 5.74) is 3.27. The fourth-order valence-corrected chi connectivity index (χ4v) is 3.89. The number of esters is 1. The van der Waals surface area contributed by atoms with Gasteiger partial charge in [-0.25, -0.2) is 4.79 Å². The van der Waals surface area contributed by atoms with Gasteiger partial charge in [0.25, 0.3) is 5.56 Å². The van der Waals surface area contributed by atoms with Crippen LogP contribution in [0.1, 0.15) is 36.1 Å². The van der Waals surface area contributed by atoms with Gasteiger partial charge in [-0.2, -0.15) is 0 Å². The average Bonchev–Trinajstić information content (AvgIpc) is 2.81. The van der Waals surface area contributed by atoms with Crippen molar-refractivity contribution in [1.29, 1.82) is 0 Å². The quantitative estimate of drug-likeness (QED) is 0.455. The van der Waals surface area contributed by atoms with E-state index in [-0.39, 0.29) is 24.5 Å². The van der Waals surface area contributed by atoms with Crippen LogP contribution in [0, 0.1) is 13.8 Å². The van der Waals surface area contributed by atoms with Crippen molar-refractivity contribution in [2.45, 2.75) is 33.2 Å². The molecule has 3 N–H and O–H groups in total. The van der Waals surface area contributed by atoms with Gasteiger partial charge in [0.15, 0.2) is 5.69 Å². The van der Waals surface area contributed by atoms with E-state index in [9.17, 15) is 19.5 Å². The molecular weight excluding hydrogens is 434 g/mol. The van der Waals surface area contributed by atoms with E-state index in [2.05, 4.69) is 10.6 Å². The van der Waals surface area contributed by atoms with E-state index in [0.717, 1.165) is 22.3 Å². The first-order valence-electron chi connectivity index (χ1n) is 11.0. The molecule has 0 unspecified atom stereocenters. The van der Waals surface area contributed by atoms with E-state index in [1.807, 2.05) is 55.5 Å². The first-order valence-corrected chi connectivity index (χ1v) is 11.0. The minimum absolute atomic E-state index is 0.0991. The molecule has 3 rings (SSSR count). The van der Waals surface area contributed by atoms with Gasteiger partial charge < -0.3 is 25.0 Å². The molecule has 0 saturated heterocycles. The van der Waals surface area contributed by atoms with E-state index in [0.29, 0.717) is 5.56 Å². The predicted molar refractivity (Wildman–Crippen MR) is 131 cm³/mol. The van der Waals surface area contributed by atoms with Gasteiger partial charge in [-0.3, -0.25) is 9.59 Å². The summed E-state index contributed by atoms with van der Waals surface area (Å²) in [4.78, 5) is 37.7. The fraction of sp³-hybridized carbons (Fsp3) is 0.269. The maximum absolute atomic E-state index is 12.9. The molecule has 0 bridgehead atoms. The molecular formula is C26H29N3O5. The number of ether oxygens (including phenoxy) is 1. The average molecular weight is 464 g/mol. The van der Waals surface area contributed by atoms with E-state index < -0.39 is 23.6 Å². The first-order chi connectivity index (χ1) is 16.2. The number of carbonyl (C=O) groups is 2. The Balaban J connectivity index is 1.95. The fourth-order valence-electron chi connectivity index (χ4n) is 3.89. The highest BCUT2D eigenvalue weighted by Gasteiger charge is 2.23. The molecule has 3 aromatic rings. The summed E-state index contributed by atoms with van der Waals surface area (Å²) in [5.74, 6) is -0.769. The second-order valence-corrected chi connectivity index (χ2v) is 8.00. The molecule has 0 fully saturated rings. The molecule has 1 heterocycles. The Kier molecular flexibility index (Phi) is 7.73. The molecule has 34 heavy (non-hydrogen) atoms. The molecule has 0 aliphatic rings. The zero-order valence-corrected chi connectivity index (χ0v) is 19.7. The van der Waals surface area contributed by atoms with Gasteiger partial charge >= 0.3 is 12.0 Å². The number of benzene rings is 2. The molecule has 0 radical (unpaired) electrons. The smallest absolute Gasteiger partial charge is 0.319 e. The number of hydrogen-bond acceptors (Lipinski definition) is 5. The van der Waals surface area contributed by atoms with Crippen LogP contribution in [0.15, 0.2) is 59.5 Å². The number of aromatic nitrogens is 1. The van der Waals surface area contributed by atoms with Crippen LogP contribution in [0.3, 0.4) is 0 Å². The summed E-state index contributed by atoms with van der Waals surface area (Å²) in [6.07, 6.45) is 1.38. The van der Waals surface area contributed by atoms with Crippen molar-refractivity contribution in [3.63, 3.8) is 0 Å². The van der Waals surface area contributed by atoms with Gasteiger partial charge in [0.1, 0.15) is 5.75 Å². The lowest BCUT2D eigenvalue weighted by Gasteiger charge is -2.22. The van der Waals surface area contributed by atoms with Gasteiger partial charge in [0.2, 0.25) is 0 Å². The number of nitrogens with zero attached hydrogens (tertiary/aromatic N) is 1. The van der Waals surface area contributed by atoms with Crippen molar-refractivity contribution < 1.29 is 19.4 Å². The van der Waals surface area contributed by atoms with Crippen molar-refractivity contribution in [3.05, 3.63) is 81.8 Å². The summed E-state index contributed by atoms with van der Waals surface area (Å²) in [5, 5.41) is 15.5. The van der Waals surface area contributed by atoms with Gasteiger partial charge in [-0.1, -0.05) is 48.5 Å². The summed E-state index contributed by atoms with van der Waals surface area (Å²) in [6.45, 7) is 5.48. The first kappa shape index (κ1) is 24.6. The molecule has 0 saturated carbocycles. The number of rotatable bonds is 7. The molecule has 8 nitrogen and oxygen atoms in total. The zero-order chi connectivity index (χ0) is 24.8. The summed E-state index contributed by atoms with van der Waals surface area (Å²) < 4.78 is 6.39. The number of carbonyl (C=O) groups excluding carboxylic acids is 2. The van der Waals surface area contributed by atoms with Gasteiger partial charge in [0, 0.05) is 18.8 Å². The molecule has 2 amide bonds. The number of pyridine rings is 1. The van der Waals surface area contributed by atoms with E-state index in [1.165, 1.54) is 17.8 Å². The Labute approximate surface area is 198 Å². The highest BCUT2D eigenvalue weighted by molar-refractivity contribution is 5.91. The van der Waals surface area contributed by atoms with Gasteiger partial charge in [-0.05, 0) is 43.0 Å². The lowest BCUT2D eigenvalue weighted by Crippen LogP contribution is -2.36. The van der Waals surface area contributed by atoms with Crippen molar-refractivity contribution in [1.82, 2.24) is 9.88 Å². The summed E-state index contributed by atoms with van der Waals surface area (Å²) >= 11 is 0. The number of aryl methyl sites for hydroxylation is 2. The second kappa shape index (κ2) is 10.7. The lowest BCUT2D eigenvalue weighted by atomic mass is 9.91. The minimum Gasteiger partial charge on any atom is -0.505 e. The topological polar surface area (TPSA) is 110 Å². The van der Waals surface area contributed by atoms with E-state index in [1.54, 1.807) is 13.8 Å². The molecule has 8 heteroatoms. The monoisotopic (exact) mass is 463 g/mol. The lowest BCUT2D eigenvalue weighted by molar-refractivity contribution is -0.143. The summed E-state index contributed by atoms with van der Waals surface area (Å²) in [7, 11) is 1.53. The second-order valence-electron chi connectivity index (χ2n) is 8.00. The van der Waals surface area contributed by atoms with Crippen LogP contribution in [0.5, 0.6) is 5.75 Å². The number of nitrogens with one attached hydrogen (secondary N) is 2. The molecule has 1 atom stereocenters. The molecule has 0 spiro atoms. The number of aromatic hydroxyl groups is 1. The third-order valence-corrected chi connectivity index (χ3v) is 5.59. The highest BCUT2D eigenvalue weighted by atomic mass is 16.5. The highest BCUT2D eigenvalue weighted by Crippen LogP contribution is 2.30. The van der Waals surface area contributed by atoms with Crippen molar-refractivity contribution in [2.75, 3.05) is 11.9 Å². The largest absolute Gasteiger partial charge is 0.505 e. The minimum atomic E-state index is -0.725. The SMILES string of the molecule is CCOC(=O)C[C@H](NC(=O)Nc1c(O)c(C)cn(C)c1=O)c1cccc(-c2ccccc2)c1C. The molecule has 1 aromatic heterocycles. The molecule has 0 aliphatic carbocycles. The Morgan fingerprint density at radius 3 is 2.47 bits per heavy atom. The Hall–Kier alpha value is -4.07. The third kappa shape index (κ3) is 5.46. The number of hydrogen-bond donors (Lipinski definition) is 3. The maximum Gasteiger partial charge on any atom is 0.319 e. The van der Waals surface area contributed by atoms with Crippen molar-refractivity contribution >= 4 is 17.7 Å². The maximum atomic E-state index is 12.9. The summed E-state index contributed by atoms with van der Waals surface area (Å²) in [6, 6.07) is 14.0. The van der Waals surface area contributed by atoms with Crippen molar-refractivity contribution in [3.8, 4) is 16.9 Å². The van der Waals surface area contributed by atoms with Crippen LogP contribution in [-0.2, 0) is 16.6 Å². The number of urea groups is 1. The zero-order valence-electron chi connectivity index (χ0n) is 19.7. The van der Waals surface area contributed by atoms with Crippen LogP contribution >= 0.6 is 0 Å². The molecule has 178 valence electrons. The standard InChI is InChI=1S/C26H29N3O5/c1-5-34-22(30)14-21(20-13-9-12-19(17(20)3)18-10-7-6-8-11-18)27-26(33)28-23-24(31)16(2)15-29(4)25(23)32/h6-13,15,21,31H,5,14H2,1-4H3,(H2,27,28,33)/t21-/m0/s1. The molecule has 2 aromatic carbocycles. The predicted octanol–water partition coefficient (Wildman–Crippen LogP) is 4.19. The van der Waals surface area contributed by atoms with Gasteiger partial charge in [0.05, 0.1) is 19.1 Å².